The number of benzene rings is 2. The van der Waals surface area contributed by atoms with Crippen molar-refractivity contribution in [2.75, 3.05) is 30.8 Å². The van der Waals surface area contributed by atoms with Gasteiger partial charge in [-0.1, -0.05) is 18.2 Å². The minimum absolute atomic E-state index is 0.0172. The van der Waals surface area contributed by atoms with E-state index in [4.69, 9.17) is 4.74 Å². The summed E-state index contributed by atoms with van der Waals surface area (Å²) in [5.41, 5.74) is 1.79. The molecule has 1 spiro atoms. The molecule has 4 rings (SSSR count). The summed E-state index contributed by atoms with van der Waals surface area (Å²) in [6.07, 6.45) is 3.03. The van der Waals surface area contributed by atoms with Gasteiger partial charge in [0.1, 0.15) is 5.75 Å². The molecule has 1 atom stereocenters. The van der Waals surface area contributed by atoms with E-state index in [0.717, 1.165) is 32.4 Å². The second-order valence-corrected chi connectivity index (χ2v) is 7.59. The zero-order valence-corrected chi connectivity index (χ0v) is 16.0. The van der Waals surface area contributed by atoms with Gasteiger partial charge in [0.15, 0.2) is 0 Å². The lowest BCUT2D eigenvalue weighted by atomic mass is 9.91. The Balaban J connectivity index is 1.46. The molecule has 6 nitrogen and oxygen atoms in total. The number of hydrogen-bond acceptors (Lipinski definition) is 4. The molecule has 0 bridgehead atoms. The number of carbonyl (C=O) groups excluding carboxylic acids is 2. The van der Waals surface area contributed by atoms with Crippen molar-refractivity contribution in [3.8, 4) is 5.75 Å². The number of hydrogen-bond donors (Lipinski definition) is 3. The maximum atomic E-state index is 12.8. The summed E-state index contributed by atoms with van der Waals surface area (Å²) in [7, 11) is 1.58. The molecule has 1 heterocycles. The van der Waals surface area contributed by atoms with E-state index in [-0.39, 0.29) is 23.1 Å². The van der Waals surface area contributed by atoms with Crippen LogP contribution in [0.1, 0.15) is 29.6 Å². The summed E-state index contributed by atoms with van der Waals surface area (Å²) in [5.74, 6) is 0.463. The van der Waals surface area contributed by atoms with Gasteiger partial charge in [-0.15, -0.1) is 0 Å². The van der Waals surface area contributed by atoms with Crippen LogP contribution in [0.15, 0.2) is 48.5 Å². The molecule has 1 unspecified atom stereocenters. The van der Waals surface area contributed by atoms with E-state index in [1.54, 1.807) is 37.4 Å². The van der Waals surface area contributed by atoms with Gasteiger partial charge in [0.05, 0.1) is 18.4 Å². The van der Waals surface area contributed by atoms with Gasteiger partial charge in [0, 0.05) is 17.7 Å². The monoisotopic (exact) mass is 379 g/mol. The average molecular weight is 379 g/mol. The minimum atomic E-state index is -0.267. The highest BCUT2D eigenvalue weighted by Gasteiger charge is 2.57. The normalized spacial score (nSPS) is 19.7. The van der Waals surface area contributed by atoms with Crippen LogP contribution >= 0.6 is 0 Å². The first-order valence-electron chi connectivity index (χ1n) is 9.67. The van der Waals surface area contributed by atoms with Gasteiger partial charge >= 0.3 is 0 Å². The van der Waals surface area contributed by atoms with Crippen molar-refractivity contribution < 1.29 is 14.3 Å². The summed E-state index contributed by atoms with van der Waals surface area (Å²) in [6, 6.07) is 14.3. The Hall–Kier alpha value is -2.86. The molecule has 3 N–H and O–H groups in total. The smallest absolute Gasteiger partial charge is 0.257 e. The minimum Gasteiger partial charge on any atom is -0.497 e. The van der Waals surface area contributed by atoms with Crippen LogP contribution in [0.3, 0.4) is 0 Å². The molecule has 2 aliphatic rings. The van der Waals surface area contributed by atoms with Crippen molar-refractivity contribution in [1.29, 1.82) is 0 Å². The summed E-state index contributed by atoms with van der Waals surface area (Å²) < 4.78 is 5.19. The Morgan fingerprint density at radius 2 is 1.86 bits per heavy atom. The fourth-order valence-electron chi connectivity index (χ4n) is 4.10. The van der Waals surface area contributed by atoms with Gasteiger partial charge in [-0.2, -0.15) is 0 Å². The highest BCUT2D eigenvalue weighted by atomic mass is 16.5. The molecule has 1 aliphatic heterocycles. The van der Waals surface area contributed by atoms with Crippen molar-refractivity contribution in [1.82, 2.24) is 5.32 Å². The topological polar surface area (TPSA) is 79.5 Å². The van der Waals surface area contributed by atoms with Gasteiger partial charge in [0.2, 0.25) is 5.91 Å². The fraction of sp³-hybridized carbons (Fsp3) is 0.364. The number of methoxy groups -OCH3 is 1. The number of anilines is 2. The second-order valence-electron chi connectivity index (χ2n) is 7.59. The molecule has 2 aromatic carbocycles. The van der Waals surface area contributed by atoms with Crippen LogP contribution in [0.25, 0.3) is 0 Å². The highest BCUT2D eigenvalue weighted by Crippen LogP contribution is 2.58. The van der Waals surface area contributed by atoms with Crippen LogP contribution in [0, 0.1) is 11.3 Å². The van der Waals surface area contributed by atoms with Gasteiger partial charge in [-0.05, 0) is 62.0 Å². The first-order chi connectivity index (χ1) is 13.6. The average Bonchev–Trinajstić information content (AvgIpc) is 3.42. The fourth-order valence-corrected chi connectivity index (χ4v) is 4.10. The van der Waals surface area contributed by atoms with Gasteiger partial charge in [0.25, 0.3) is 5.91 Å². The molecular weight excluding hydrogens is 354 g/mol. The number of carbonyl (C=O) groups is 2. The molecule has 1 aliphatic carbocycles. The Bertz CT molecular complexity index is 890. The first kappa shape index (κ1) is 18.5. The predicted octanol–water partition coefficient (Wildman–Crippen LogP) is 3.28. The van der Waals surface area contributed by atoms with Crippen molar-refractivity contribution in [2.45, 2.75) is 19.3 Å². The van der Waals surface area contributed by atoms with E-state index in [9.17, 15) is 9.59 Å². The molecule has 1 saturated heterocycles. The predicted molar refractivity (Wildman–Crippen MR) is 109 cm³/mol. The van der Waals surface area contributed by atoms with Crippen LogP contribution < -0.4 is 20.7 Å². The van der Waals surface area contributed by atoms with E-state index < -0.39 is 0 Å². The zero-order valence-electron chi connectivity index (χ0n) is 16.0. The van der Waals surface area contributed by atoms with E-state index >= 15 is 0 Å². The van der Waals surface area contributed by atoms with E-state index in [2.05, 4.69) is 16.0 Å². The molecule has 1 saturated carbocycles. The quantitative estimate of drug-likeness (QED) is 0.745. The lowest BCUT2D eigenvalue weighted by Crippen LogP contribution is -2.31. The number of rotatable bonds is 5. The van der Waals surface area contributed by atoms with E-state index in [1.807, 2.05) is 18.2 Å². The third-order valence-electron chi connectivity index (χ3n) is 5.86. The summed E-state index contributed by atoms with van der Waals surface area (Å²) in [6.45, 7) is 1.95. The molecule has 6 heteroatoms. The lowest BCUT2D eigenvalue weighted by Gasteiger charge is -2.23. The molecule has 0 radical (unpaired) electrons. The molecule has 2 fully saturated rings. The number of piperidine rings is 1. The van der Waals surface area contributed by atoms with Gasteiger partial charge in [-0.25, -0.2) is 0 Å². The van der Waals surface area contributed by atoms with E-state index in [0.29, 0.717) is 22.7 Å². The van der Waals surface area contributed by atoms with Crippen LogP contribution in [-0.4, -0.2) is 32.0 Å². The first-order valence-corrected chi connectivity index (χ1v) is 9.67. The SMILES string of the molecule is COc1cccc(NC(=O)c2ccccc2NC(=O)C2CC23CCNCC3)c1. The summed E-state index contributed by atoms with van der Waals surface area (Å²) in [5, 5.41) is 9.21. The number of nitrogens with one attached hydrogen (secondary N) is 3. The van der Waals surface area contributed by atoms with E-state index in [1.165, 1.54) is 0 Å². The third-order valence-corrected chi connectivity index (χ3v) is 5.86. The lowest BCUT2D eigenvalue weighted by molar-refractivity contribution is -0.118. The van der Waals surface area contributed by atoms with Gasteiger partial charge in [-0.3, -0.25) is 9.59 Å². The Morgan fingerprint density at radius 1 is 1.07 bits per heavy atom. The number of amides is 2. The third kappa shape index (κ3) is 3.73. The van der Waals surface area contributed by atoms with Crippen LogP contribution in [-0.2, 0) is 4.79 Å². The number of ether oxygens (including phenoxy) is 1. The van der Waals surface area contributed by atoms with Crippen molar-refractivity contribution in [3.05, 3.63) is 54.1 Å². The second kappa shape index (κ2) is 7.64. The molecule has 2 amide bonds. The molecule has 0 aromatic heterocycles. The zero-order chi connectivity index (χ0) is 19.6. The maximum Gasteiger partial charge on any atom is 0.257 e. The Labute approximate surface area is 164 Å². The summed E-state index contributed by atoms with van der Waals surface area (Å²) >= 11 is 0. The van der Waals surface area contributed by atoms with Crippen LogP contribution in [0.5, 0.6) is 5.75 Å². The largest absolute Gasteiger partial charge is 0.497 e. The molecule has 146 valence electrons. The van der Waals surface area contributed by atoms with Crippen molar-refractivity contribution in [2.24, 2.45) is 11.3 Å². The molecule has 28 heavy (non-hydrogen) atoms. The van der Waals surface area contributed by atoms with Gasteiger partial charge < -0.3 is 20.7 Å². The standard InChI is InChI=1S/C22H25N3O3/c1-28-16-6-4-5-15(13-16)24-20(26)17-7-2-3-8-19(17)25-21(27)18-14-22(18)9-11-23-12-10-22/h2-8,13,18,23H,9-12,14H2,1H3,(H,24,26)(H,25,27). The Morgan fingerprint density at radius 3 is 2.64 bits per heavy atom. The van der Waals surface area contributed by atoms with Crippen molar-refractivity contribution >= 4 is 23.2 Å². The highest BCUT2D eigenvalue weighted by molar-refractivity contribution is 6.10. The molecular formula is C22H25N3O3. The van der Waals surface area contributed by atoms with Crippen LogP contribution in [0.2, 0.25) is 0 Å². The van der Waals surface area contributed by atoms with Crippen LogP contribution in [0.4, 0.5) is 11.4 Å². The molecule has 2 aromatic rings. The summed E-state index contributed by atoms with van der Waals surface area (Å²) in [4.78, 5) is 25.6. The van der Waals surface area contributed by atoms with Crippen molar-refractivity contribution in [3.63, 3.8) is 0 Å². The maximum absolute atomic E-state index is 12.8. The Kier molecular flexibility index (Phi) is 5.05. The number of para-hydroxylation sites is 1.